The number of benzene rings is 2. The van der Waals surface area contributed by atoms with Crippen LogP contribution < -0.4 is 19.5 Å². The number of nitrogens with one attached hydrogen (secondary N) is 1. The first-order valence-electron chi connectivity index (χ1n) is 7.37. The van der Waals surface area contributed by atoms with Crippen molar-refractivity contribution in [2.45, 2.75) is 11.8 Å². The standard InChI is InChI=1S/C17H12FNO4/c18-15-17(9-3-1-2-4-11(9)19-16(17)20)10-7-13-14(8-12(10)23-15)22-6-5-21-13/h1-4,7-8,15H,5-6H2,(H,19,20). The second kappa shape index (κ2) is 4.16. The highest BCUT2D eigenvalue weighted by Gasteiger charge is 2.61. The van der Waals surface area contributed by atoms with Gasteiger partial charge in [0, 0.05) is 22.9 Å². The maximum absolute atomic E-state index is 14.9. The molecule has 2 aromatic rings. The van der Waals surface area contributed by atoms with Crippen LogP contribution in [-0.4, -0.2) is 25.5 Å². The van der Waals surface area contributed by atoms with Crippen LogP contribution in [0, 0.1) is 0 Å². The summed E-state index contributed by atoms with van der Waals surface area (Å²) in [6, 6.07) is 10.3. The van der Waals surface area contributed by atoms with E-state index in [1.54, 1.807) is 36.4 Å². The number of fused-ring (bicyclic) bond motifs is 5. The molecule has 3 aliphatic rings. The molecule has 1 amide bonds. The summed E-state index contributed by atoms with van der Waals surface area (Å²) in [5, 5.41) is 2.75. The average molecular weight is 313 g/mol. The van der Waals surface area contributed by atoms with Crippen molar-refractivity contribution in [2.75, 3.05) is 18.5 Å². The summed E-state index contributed by atoms with van der Waals surface area (Å²) < 4.78 is 31.4. The predicted octanol–water partition coefficient (Wildman–Crippen LogP) is 2.38. The van der Waals surface area contributed by atoms with Crippen LogP contribution in [0.5, 0.6) is 17.2 Å². The Morgan fingerprint density at radius 1 is 1.04 bits per heavy atom. The van der Waals surface area contributed by atoms with Crippen LogP contribution in [0.25, 0.3) is 0 Å². The quantitative estimate of drug-likeness (QED) is 0.811. The summed E-state index contributed by atoms with van der Waals surface area (Å²) in [6.07, 6.45) is -1.80. The summed E-state index contributed by atoms with van der Waals surface area (Å²) in [5.41, 5.74) is 0.151. The van der Waals surface area contributed by atoms with Gasteiger partial charge in [-0.25, -0.2) is 0 Å². The number of ether oxygens (including phenoxy) is 3. The zero-order valence-corrected chi connectivity index (χ0v) is 12.0. The second-order valence-electron chi connectivity index (χ2n) is 5.73. The molecule has 5 rings (SSSR count). The van der Waals surface area contributed by atoms with Gasteiger partial charge in [0.05, 0.1) is 0 Å². The summed E-state index contributed by atoms with van der Waals surface area (Å²) in [4.78, 5) is 12.7. The van der Waals surface area contributed by atoms with Crippen molar-refractivity contribution in [1.29, 1.82) is 0 Å². The molecule has 0 saturated heterocycles. The average Bonchev–Trinajstić information content (AvgIpc) is 3.02. The number of amides is 1. The van der Waals surface area contributed by atoms with Gasteiger partial charge in [-0.1, -0.05) is 18.2 Å². The highest BCUT2D eigenvalue weighted by atomic mass is 19.1. The molecule has 0 fully saturated rings. The number of para-hydroxylation sites is 1. The van der Waals surface area contributed by atoms with Crippen LogP contribution in [0.3, 0.4) is 0 Å². The lowest BCUT2D eigenvalue weighted by molar-refractivity contribution is -0.124. The van der Waals surface area contributed by atoms with Gasteiger partial charge in [0.25, 0.3) is 6.36 Å². The summed E-state index contributed by atoms with van der Waals surface area (Å²) in [6.45, 7) is 0.848. The third-order valence-corrected chi connectivity index (χ3v) is 4.60. The van der Waals surface area contributed by atoms with Gasteiger partial charge < -0.3 is 19.5 Å². The first-order chi connectivity index (χ1) is 11.2. The van der Waals surface area contributed by atoms with Crippen molar-refractivity contribution < 1.29 is 23.4 Å². The molecular weight excluding hydrogens is 301 g/mol. The van der Waals surface area contributed by atoms with E-state index in [2.05, 4.69) is 5.32 Å². The lowest BCUT2D eigenvalue weighted by atomic mass is 9.76. The second-order valence-corrected chi connectivity index (χ2v) is 5.73. The molecule has 116 valence electrons. The number of rotatable bonds is 0. The minimum Gasteiger partial charge on any atom is -0.486 e. The Morgan fingerprint density at radius 2 is 1.78 bits per heavy atom. The van der Waals surface area contributed by atoms with E-state index in [0.29, 0.717) is 47.3 Å². The molecule has 0 aliphatic carbocycles. The highest BCUT2D eigenvalue weighted by molar-refractivity contribution is 6.10. The molecule has 2 aromatic carbocycles. The molecule has 2 unspecified atom stereocenters. The number of halogens is 1. The summed E-state index contributed by atoms with van der Waals surface area (Å²) >= 11 is 0. The van der Waals surface area contributed by atoms with Crippen molar-refractivity contribution in [2.24, 2.45) is 0 Å². The lowest BCUT2D eigenvalue weighted by Crippen LogP contribution is -2.42. The number of hydrogen-bond acceptors (Lipinski definition) is 4. The van der Waals surface area contributed by atoms with E-state index in [1.807, 2.05) is 0 Å². The monoisotopic (exact) mass is 313 g/mol. The van der Waals surface area contributed by atoms with Crippen LogP contribution >= 0.6 is 0 Å². The zero-order chi connectivity index (χ0) is 15.6. The highest BCUT2D eigenvalue weighted by Crippen LogP contribution is 2.56. The van der Waals surface area contributed by atoms with Crippen LogP contribution in [0.15, 0.2) is 36.4 Å². The lowest BCUT2D eigenvalue weighted by Gasteiger charge is -2.24. The smallest absolute Gasteiger partial charge is 0.261 e. The molecule has 6 heteroatoms. The van der Waals surface area contributed by atoms with Crippen molar-refractivity contribution in [3.63, 3.8) is 0 Å². The fraction of sp³-hybridized carbons (Fsp3) is 0.235. The maximum Gasteiger partial charge on any atom is 0.261 e. The molecule has 2 atom stereocenters. The Balaban J connectivity index is 1.79. The van der Waals surface area contributed by atoms with E-state index in [1.165, 1.54) is 0 Å². The molecule has 0 saturated carbocycles. The van der Waals surface area contributed by atoms with Gasteiger partial charge in [-0.2, -0.15) is 4.39 Å². The van der Waals surface area contributed by atoms with E-state index < -0.39 is 17.7 Å². The molecule has 5 nitrogen and oxygen atoms in total. The first kappa shape index (κ1) is 12.8. The van der Waals surface area contributed by atoms with Gasteiger partial charge in [0.2, 0.25) is 5.91 Å². The first-order valence-corrected chi connectivity index (χ1v) is 7.37. The van der Waals surface area contributed by atoms with Gasteiger partial charge in [0.15, 0.2) is 16.9 Å². The van der Waals surface area contributed by atoms with Crippen LogP contribution in [0.4, 0.5) is 10.1 Å². The number of alkyl halides is 1. The van der Waals surface area contributed by atoms with Crippen molar-refractivity contribution in [3.8, 4) is 17.2 Å². The van der Waals surface area contributed by atoms with Crippen molar-refractivity contribution in [3.05, 3.63) is 47.5 Å². The fourth-order valence-corrected chi connectivity index (χ4v) is 3.57. The minimum absolute atomic E-state index is 0.314. The van der Waals surface area contributed by atoms with Crippen LogP contribution in [0.1, 0.15) is 11.1 Å². The van der Waals surface area contributed by atoms with Crippen molar-refractivity contribution in [1.82, 2.24) is 0 Å². The van der Waals surface area contributed by atoms with E-state index in [9.17, 15) is 9.18 Å². The molecular formula is C17H12FNO4. The number of carbonyl (C=O) groups excluding carboxylic acids is 1. The Kier molecular flexibility index (Phi) is 2.30. The topological polar surface area (TPSA) is 56.8 Å². The molecule has 0 radical (unpaired) electrons. The van der Waals surface area contributed by atoms with Crippen LogP contribution in [0.2, 0.25) is 0 Å². The third-order valence-electron chi connectivity index (χ3n) is 4.60. The molecule has 1 spiro atoms. The number of carbonyl (C=O) groups is 1. The third kappa shape index (κ3) is 1.43. The van der Waals surface area contributed by atoms with Gasteiger partial charge in [0.1, 0.15) is 19.0 Å². The van der Waals surface area contributed by atoms with Gasteiger partial charge in [-0.15, -0.1) is 0 Å². The SMILES string of the molecule is O=C1Nc2ccccc2C12c1cc3c(cc1OC2F)OCCO3. The number of hydrogen-bond donors (Lipinski definition) is 1. The maximum atomic E-state index is 14.9. The van der Waals surface area contributed by atoms with Crippen molar-refractivity contribution >= 4 is 11.6 Å². The molecule has 0 aromatic heterocycles. The van der Waals surface area contributed by atoms with E-state index in [4.69, 9.17) is 14.2 Å². The minimum atomic E-state index is -1.80. The Labute approximate surface area is 131 Å². The van der Waals surface area contributed by atoms with E-state index in [0.717, 1.165) is 0 Å². The number of anilines is 1. The molecule has 23 heavy (non-hydrogen) atoms. The summed E-state index contributed by atoms with van der Waals surface area (Å²) in [7, 11) is 0. The molecule has 3 heterocycles. The summed E-state index contributed by atoms with van der Waals surface area (Å²) in [5.74, 6) is 0.894. The Morgan fingerprint density at radius 3 is 2.61 bits per heavy atom. The van der Waals surface area contributed by atoms with Crippen LogP contribution in [-0.2, 0) is 10.2 Å². The van der Waals surface area contributed by atoms with Gasteiger partial charge >= 0.3 is 0 Å². The van der Waals surface area contributed by atoms with E-state index >= 15 is 0 Å². The molecule has 3 aliphatic heterocycles. The normalized spacial score (nSPS) is 26.5. The van der Waals surface area contributed by atoms with Gasteiger partial charge in [-0.3, -0.25) is 4.79 Å². The molecule has 0 bridgehead atoms. The Hall–Kier alpha value is -2.76. The van der Waals surface area contributed by atoms with Gasteiger partial charge in [-0.05, 0) is 12.1 Å². The zero-order valence-electron chi connectivity index (χ0n) is 12.0. The van der Waals surface area contributed by atoms with E-state index in [-0.39, 0.29) is 0 Å². The Bertz CT molecular complexity index is 852. The largest absolute Gasteiger partial charge is 0.486 e. The fourth-order valence-electron chi connectivity index (χ4n) is 3.57. The predicted molar refractivity (Wildman–Crippen MR) is 78.8 cm³/mol. The molecule has 1 N–H and O–H groups in total.